The van der Waals surface area contributed by atoms with E-state index in [1.807, 2.05) is 25.1 Å². The van der Waals surface area contributed by atoms with Crippen LogP contribution in [0.15, 0.2) is 30.3 Å². The molecular weight excluding hydrogens is 300 g/mol. The van der Waals surface area contributed by atoms with E-state index in [9.17, 15) is 0 Å². The minimum absolute atomic E-state index is 0.849. The Morgan fingerprint density at radius 2 is 1.83 bits per heavy atom. The molecule has 1 saturated heterocycles. The van der Waals surface area contributed by atoms with Gasteiger partial charge in [-0.15, -0.1) is 0 Å². The molecule has 5 nitrogen and oxygen atoms in total. The molecule has 1 N–H and O–H groups in total. The Morgan fingerprint density at radius 3 is 2.54 bits per heavy atom. The lowest BCUT2D eigenvalue weighted by atomic mass is 10.1. The minimum atomic E-state index is 0.849. The zero-order valence-electron chi connectivity index (χ0n) is 14.6. The van der Waals surface area contributed by atoms with Gasteiger partial charge in [0.15, 0.2) is 0 Å². The van der Waals surface area contributed by atoms with E-state index >= 15 is 0 Å². The summed E-state index contributed by atoms with van der Waals surface area (Å²) in [7, 11) is 1.69. The number of nitrogens with zero attached hydrogens (tertiary/aromatic N) is 3. The van der Waals surface area contributed by atoms with Gasteiger partial charge in [-0.05, 0) is 50.3 Å². The monoisotopic (exact) mass is 326 g/mol. The van der Waals surface area contributed by atoms with E-state index < -0.39 is 0 Å². The van der Waals surface area contributed by atoms with Crippen molar-refractivity contribution in [2.75, 3.05) is 37.0 Å². The molecule has 128 valence electrons. The molecule has 1 aromatic heterocycles. The maximum absolute atomic E-state index is 5.19. The van der Waals surface area contributed by atoms with E-state index in [0.29, 0.717) is 0 Å². The van der Waals surface area contributed by atoms with E-state index in [1.54, 1.807) is 7.11 Å². The lowest BCUT2D eigenvalue weighted by Crippen LogP contribution is -2.31. The van der Waals surface area contributed by atoms with Crippen molar-refractivity contribution in [2.45, 2.75) is 32.6 Å². The fraction of sp³-hybridized carbons (Fsp3) is 0.474. The molecule has 0 unspecified atom stereocenters. The number of rotatable bonds is 6. The molecule has 1 fully saturated rings. The summed E-state index contributed by atoms with van der Waals surface area (Å²) in [5.41, 5.74) is 2.29. The number of anilines is 2. The summed E-state index contributed by atoms with van der Waals surface area (Å²) in [6.45, 7) is 5.01. The van der Waals surface area contributed by atoms with Crippen LogP contribution in [0.4, 0.5) is 11.8 Å². The number of aryl methyl sites for hydroxylation is 1. The molecule has 0 atom stereocenters. The second kappa shape index (κ2) is 7.99. The van der Waals surface area contributed by atoms with Crippen LogP contribution in [-0.4, -0.2) is 36.7 Å². The number of methoxy groups -OCH3 is 1. The number of piperidine rings is 1. The lowest BCUT2D eigenvalue weighted by Gasteiger charge is -2.27. The van der Waals surface area contributed by atoms with Crippen molar-refractivity contribution in [3.8, 4) is 5.75 Å². The third-order valence-corrected chi connectivity index (χ3v) is 4.36. The molecule has 3 rings (SSSR count). The zero-order chi connectivity index (χ0) is 16.8. The molecule has 2 aromatic rings. The number of nitrogens with one attached hydrogen (secondary N) is 1. The average Bonchev–Trinajstić information content (AvgIpc) is 2.63. The third kappa shape index (κ3) is 4.37. The smallest absolute Gasteiger partial charge is 0.227 e. The Kier molecular flexibility index (Phi) is 5.51. The number of aromatic nitrogens is 2. The Bertz CT molecular complexity index is 651. The maximum Gasteiger partial charge on any atom is 0.227 e. The predicted octanol–water partition coefficient (Wildman–Crippen LogP) is 3.44. The Balaban J connectivity index is 1.58. The summed E-state index contributed by atoms with van der Waals surface area (Å²) in [6, 6.07) is 10.2. The van der Waals surface area contributed by atoms with E-state index in [2.05, 4.69) is 27.3 Å². The average molecular weight is 326 g/mol. The molecule has 24 heavy (non-hydrogen) atoms. The molecule has 2 heterocycles. The van der Waals surface area contributed by atoms with E-state index in [0.717, 1.165) is 49.3 Å². The highest BCUT2D eigenvalue weighted by Crippen LogP contribution is 2.18. The lowest BCUT2D eigenvalue weighted by molar-refractivity contribution is 0.414. The molecule has 1 aliphatic rings. The van der Waals surface area contributed by atoms with Crippen molar-refractivity contribution < 1.29 is 4.74 Å². The SMILES string of the molecule is COc1ccc(CCNc2cc(C)nc(N3CCCCC3)n2)cc1. The standard InChI is InChI=1S/C19H26N4O/c1-15-14-18(22-19(21-15)23-12-4-3-5-13-23)20-11-10-16-6-8-17(24-2)9-7-16/h6-9,14H,3-5,10-13H2,1-2H3,(H,20,21,22). The molecule has 0 bridgehead atoms. The first-order valence-electron chi connectivity index (χ1n) is 8.72. The third-order valence-electron chi connectivity index (χ3n) is 4.36. The summed E-state index contributed by atoms with van der Waals surface area (Å²) in [6.07, 6.45) is 4.73. The van der Waals surface area contributed by atoms with Crippen molar-refractivity contribution in [1.29, 1.82) is 0 Å². The van der Waals surface area contributed by atoms with Gasteiger partial charge in [0.1, 0.15) is 11.6 Å². The van der Waals surface area contributed by atoms with Crippen LogP contribution in [0, 0.1) is 6.92 Å². The zero-order valence-corrected chi connectivity index (χ0v) is 14.6. The largest absolute Gasteiger partial charge is 0.497 e. The van der Waals surface area contributed by atoms with Gasteiger partial charge in [0.05, 0.1) is 7.11 Å². The molecule has 0 saturated carbocycles. The van der Waals surface area contributed by atoms with Crippen molar-refractivity contribution in [3.05, 3.63) is 41.6 Å². The summed E-state index contributed by atoms with van der Waals surface area (Å²) in [5, 5.41) is 3.43. The van der Waals surface area contributed by atoms with Crippen LogP contribution in [0.2, 0.25) is 0 Å². The van der Waals surface area contributed by atoms with Crippen LogP contribution < -0.4 is 15.0 Å². The molecule has 0 amide bonds. The first kappa shape index (κ1) is 16.6. The van der Waals surface area contributed by atoms with Gasteiger partial charge in [-0.1, -0.05) is 12.1 Å². The number of hydrogen-bond acceptors (Lipinski definition) is 5. The number of benzene rings is 1. The van der Waals surface area contributed by atoms with Gasteiger partial charge in [0, 0.05) is 31.4 Å². The molecule has 0 radical (unpaired) electrons. The first-order chi connectivity index (χ1) is 11.7. The van der Waals surface area contributed by atoms with Crippen LogP contribution in [0.3, 0.4) is 0 Å². The second-order valence-electron chi connectivity index (χ2n) is 6.27. The molecule has 5 heteroatoms. The normalized spacial score (nSPS) is 14.5. The maximum atomic E-state index is 5.19. The summed E-state index contributed by atoms with van der Waals surface area (Å²) < 4.78 is 5.19. The molecule has 1 aliphatic heterocycles. The van der Waals surface area contributed by atoms with Crippen LogP contribution in [-0.2, 0) is 6.42 Å². The molecule has 0 aliphatic carbocycles. The second-order valence-corrected chi connectivity index (χ2v) is 6.27. The van der Waals surface area contributed by atoms with Gasteiger partial charge in [0.25, 0.3) is 0 Å². The summed E-state index contributed by atoms with van der Waals surface area (Å²) in [4.78, 5) is 11.6. The van der Waals surface area contributed by atoms with Gasteiger partial charge < -0.3 is 15.0 Å². The Morgan fingerprint density at radius 1 is 1.08 bits per heavy atom. The number of hydrogen-bond donors (Lipinski definition) is 1. The highest BCUT2D eigenvalue weighted by Gasteiger charge is 2.14. The van der Waals surface area contributed by atoms with Gasteiger partial charge in [-0.25, -0.2) is 4.98 Å². The minimum Gasteiger partial charge on any atom is -0.497 e. The predicted molar refractivity (Wildman–Crippen MR) is 98.0 cm³/mol. The van der Waals surface area contributed by atoms with Crippen LogP contribution in [0.25, 0.3) is 0 Å². The van der Waals surface area contributed by atoms with Crippen molar-refractivity contribution in [1.82, 2.24) is 9.97 Å². The van der Waals surface area contributed by atoms with Gasteiger partial charge >= 0.3 is 0 Å². The van der Waals surface area contributed by atoms with E-state index in [4.69, 9.17) is 9.72 Å². The highest BCUT2D eigenvalue weighted by atomic mass is 16.5. The Hall–Kier alpha value is -2.30. The summed E-state index contributed by atoms with van der Waals surface area (Å²) in [5.74, 6) is 2.67. The number of ether oxygens (including phenoxy) is 1. The van der Waals surface area contributed by atoms with E-state index in [-0.39, 0.29) is 0 Å². The fourth-order valence-corrected chi connectivity index (χ4v) is 3.01. The van der Waals surface area contributed by atoms with Gasteiger partial charge in [-0.3, -0.25) is 0 Å². The quantitative estimate of drug-likeness (QED) is 0.881. The van der Waals surface area contributed by atoms with Crippen molar-refractivity contribution in [3.63, 3.8) is 0 Å². The molecule has 1 aromatic carbocycles. The van der Waals surface area contributed by atoms with Crippen LogP contribution in [0.5, 0.6) is 5.75 Å². The topological polar surface area (TPSA) is 50.3 Å². The van der Waals surface area contributed by atoms with E-state index in [1.165, 1.54) is 24.8 Å². The van der Waals surface area contributed by atoms with Gasteiger partial charge in [0.2, 0.25) is 5.95 Å². The first-order valence-corrected chi connectivity index (χ1v) is 8.72. The molecule has 0 spiro atoms. The molecular formula is C19H26N4O. The fourth-order valence-electron chi connectivity index (χ4n) is 3.01. The van der Waals surface area contributed by atoms with Crippen molar-refractivity contribution in [2.24, 2.45) is 0 Å². The van der Waals surface area contributed by atoms with Gasteiger partial charge in [-0.2, -0.15) is 4.98 Å². The Labute approximate surface area is 144 Å². The van der Waals surface area contributed by atoms with Crippen LogP contribution in [0.1, 0.15) is 30.5 Å². The van der Waals surface area contributed by atoms with Crippen LogP contribution >= 0.6 is 0 Å². The van der Waals surface area contributed by atoms with Crippen molar-refractivity contribution >= 4 is 11.8 Å². The highest BCUT2D eigenvalue weighted by molar-refractivity contribution is 5.44. The summed E-state index contributed by atoms with van der Waals surface area (Å²) >= 11 is 0.